The summed E-state index contributed by atoms with van der Waals surface area (Å²) in [5, 5.41) is 0.621. The van der Waals surface area contributed by atoms with E-state index in [-0.39, 0.29) is 5.75 Å². The van der Waals surface area contributed by atoms with Crippen LogP contribution in [0.2, 0.25) is 5.02 Å². The van der Waals surface area contributed by atoms with Gasteiger partial charge in [-0.05, 0) is 41.2 Å². The zero-order valence-corrected chi connectivity index (χ0v) is 14.8. The maximum Gasteiger partial charge on any atom is 0.241 e. The molecular formula is C18H18ClNO3S. The average molecular weight is 364 g/mol. The maximum absolute atomic E-state index is 12.3. The molecule has 126 valence electrons. The highest BCUT2D eigenvalue weighted by molar-refractivity contribution is 7.89. The lowest BCUT2D eigenvalue weighted by molar-refractivity contribution is -0.121. The summed E-state index contributed by atoms with van der Waals surface area (Å²) in [5.74, 6) is -1.15. The van der Waals surface area contributed by atoms with E-state index in [1.54, 1.807) is 24.3 Å². The molecule has 0 heterocycles. The van der Waals surface area contributed by atoms with Crippen molar-refractivity contribution in [3.63, 3.8) is 0 Å². The Balaban J connectivity index is 1.67. The Morgan fingerprint density at radius 1 is 1.17 bits per heavy atom. The Morgan fingerprint density at radius 2 is 1.83 bits per heavy atom. The number of halogens is 1. The van der Waals surface area contributed by atoms with Crippen molar-refractivity contribution in [3.8, 4) is 0 Å². The number of hydrogen-bond acceptors (Lipinski definition) is 3. The zero-order valence-electron chi connectivity index (χ0n) is 13.3. The van der Waals surface area contributed by atoms with E-state index in [0.717, 1.165) is 23.1 Å². The van der Waals surface area contributed by atoms with Gasteiger partial charge in [0.1, 0.15) is 0 Å². The van der Waals surface area contributed by atoms with Gasteiger partial charge in [-0.15, -0.1) is 0 Å². The van der Waals surface area contributed by atoms with Crippen LogP contribution in [-0.4, -0.2) is 14.3 Å². The van der Waals surface area contributed by atoms with Crippen LogP contribution >= 0.6 is 11.6 Å². The zero-order chi connectivity index (χ0) is 17.3. The predicted octanol–water partition coefficient (Wildman–Crippen LogP) is 3.19. The number of benzene rings is 2. The number of sulfonamides is 1. The van der Waals surface area contributed by atoms with Crippen LogP contribution in [0.15, 0.2) is 42.5 Å². The first-order valence-corrected chi connectivity index (χ1v) is 9.82. The Labute approximate surface area is 146 Å². The minimum absolute atomic E-state index is 0.210. The molecule has 24 heavy (non-hydrogen) atoms. The van der Waals surface area contributed by atoms with Crippen molar-refractivity contribution >= 4 is 27.5 Å². The summed E-state index contributed by atoms with van der Waals surface area (Å²) in [7, 11) is -3.72. The molecular weight excluding hydrogens is 346 g/mol. The van der Waals surface area contributed by atoms with E-state index in [2.05, 4.69) is 4.72 Å². The number of fused-ring (bicyclic) bond motifs is 1. The number of carbonyl (C=O) groups is 1. The van der Waals surface area contributed by atoms with Gasteiger partial charge in [0.15, 0.2) is 0 Å². The number of carbonyl (C=O) groups excluding carboxylic acids is 1. The van der Waals surface area contributed by atoms with Crippen molar-refractivity contribution in [1.29, 1.82) is 0 Å². The van der Waals surface area contributed by atoms with Gasteiger partial charge in [0.2, 0.25) is 15.9 Å². The van der Waals surface area contributed by atoms with E-state index in [1.165, 1.54) is 0 Å². The fourth-order valence-electron chi connectivity index (χ4n) is 2.89. The van der Waals surface area contributed by atoms with Crippen molar-refractivity contribution in [2.45, 2.75) is 31.4 Å². The number of rotatable bonds is 5. The average Bonchev–Trinajstić information content (AvgIpc) is 2.49. The third-order valence-electron chi connectivity index (χ3n) is 4.30. The van der Waals surface area contributed by atoms with E-state index in [0.29, 0.717) is 17.0 Å². The normalized spacial score (nSPS) is 16.2. The van der Waals surface area contributed by atoms with Crippen LogP contribution in [0.25, 0.3) is 0 Å². The van der Waals surface area contributed by atoms with Gasteiger partial charge in [-0.25, -0.2) is 8.42 Å². The van der Waals surface area contributed by atoms with Gasteiger partial charge in [0.05, 0.1) is 11.7 Å². The molecule has 0 spiro atoms. The summed E-state index contributed by atoms with van der Waals surface area (Å²) in [5.41, 5.74) is 3.53. The fourth-order valence-corrected chi connectivity index (χ4v) is 4.30. The lowest BCUT2D eigenvalue weighted by atomic mass is 9.77. The summed E-state index contributed by atoms with van der Waals surface area (Å²) < 4.78 is 26.6. The van der Waals surface area contributed by atoms with Crippen LogP contribution in [-0.2, 0) is 33.4 Å². The highest BCUT2D eigenvalue weighted by atomic mass is 35.5. The molecule has 3 rings (SSSR count). The molecule has 1 aliphatic rings. The molecule has 6 heteroatoms. The van der Waals surface area contributed by atoms with Gasteiger partial charge in [0.25, 0.3) is 0 Å². The smallest absolute Gasteiger partial charge is 0.241 e. The van der Waals surface area contributed by atoms with Crippen LogP contribution in [0, 0.1) is 0 Å². The monoisotopic (exact) mass is 363 g/mol. The summed E-state index contributed by atoms with van der Waals surface area (Å²) in [6.07, 6.45) is 1.37. The number of hydrogen-bond donors (Lipinski definition) is 1. The Hall–Kier alpha value is -1.85. The minimum Gasteiger partial charge on any atom is -0.273 e. The molecule has 1 N–H and O–H groups in total. The molecule has 1 atom stereocenters. The predicted molar refractivity (Wildman–Crippen MR) is 94.5 cm³/mol. The van der Waals surface area contributed by atoms with E-state index < -0.39 is 21.8 Å². The van der Waals surface area contributed by atoms with E-state index in [1.807, 2.05) is 25.1 Å². The highest BCUT2D eigenvalue weighted by Gasteiger charge is 2.35. The summed E-state index contributed by atoms with van der Waals surface area (Å²) in [4.78, 5) is 12.3. The quantitative estimate of drug-likeness (QED) is 0.887. The van der Waals surface area contributed by atoms with Gasteiger partial charge in [0, 0.05) is 5.02 Å². The first kappa shape index (κ1) is 17.0. The second-order valence-corrected chi connectivity index (χ2v) is 8.09. The molecule has 4 nitrogen and oxygen atoms in total. The fraction of sp³-hybridized carbons (Fsp3) is 0.278. The molecule has 2 aromatic carbocycles. The Bertz CT molecular complexity index is 876. The van der Waals surface area contributed by atoms with Gasteiger partial charge in [-0.2, -0.15) is 0 Å². The van der Waals surface area contributed by atoms with Crippen molar-refractivity contribution in [3.05, 3.63) is 69.7 Å². The lowest BCUT2D eigenvalue weighted by Crippen LogP contribution is -2.39. The molecule has 0 radical (unpaired) electrons. The minimum atomic E-state index is -3.72. The molecule has 1 unspecified atom stereocenters. The Morgan fingerprint density at radius 3 is 2.50 bits per heavy atom. The van der Waals surface area contributed by atoms with Crippen LogP contribution in [0.3, 0.4) is 0 Å². The first-order valence-electron chi connectivity index (χ1n) is 7.79. The summed E-state index contributed by atoms with van der Waals surface area (Å²) >= 11 is 6.05. The van der Waals surface area contributed by atoms with Crippen molar-refractivity contribution in [2.24, 2.45) is 0 Å². The van der Waals surface area contributed by atoms with Gasteiger partial charge in [-0.3, -0.25) is 9.52 Å². The van der Waals surface area contributed by atoms with E-state index in [4.69, 9.17) is 11.6 Å². The molecule has 2 aromatic rings. The number of amides is 1. The molecule has 0 fully saturated rings. The number of aryl methyl sites for hydroxylation is 1. The van der Waals surface area contributed by atoms with Crippen molar-refractivity contribution in [2.75, 3.05) is 0 Å². The van der Waals surface area contributed by atoms with E-state index in [9.17, 15) is 13.2 Å². The molecule has 0 bridgehead atoms. The molecule has 0 saturated heterocycles. The van der Waals surface area contributed by atoms with E-state index >= 15 is 0 Å². The SMILES string of the molecule is CCc1ccc(CS(=O)(=O)NC(=O)C2Cc3c(Cl)cccc32)cc1. The molecule has 1 amide bonds. The third kappa shape index (κ3) is 3.47. The topological polar surface area (TPSA) is 63.2 Å². The third-order valence-corrected chi connectivity index (χ3v) is 5.88. The summed E-state index contributed by atoms with van der Waals surface area (Å²) in [6.45, 7) is 2.04. The Kier molecular flexibility index (Phi) is 4.65. The van der Waals surface area contributed by atoms with Crippen LogP contribution in [0.5, 0.6) is 0 Å². The van der Waals surface area contributed by atoms with Crippen LogP contribution in [0.4, 0.5) is 0 Å². The second kappa shape index (κ2) is 6.57. The van der Waals surface area contributed by atoms with Crippen molar-refractivity contribution in [1.82, 2.24) is 4.72 Å². The molecule has 0 saturated carbocycles. The summed E-state index contributed by atoms with van der Waals surface area (Å²) in [6, 6.07) is 12.7. The van der Waals surface area contributed by atoms with Gasteiger partial charge in [-0.1, -0.05) is 54.9 Å². The molecule has 0 aromatic heterocycles. The molecule has 0 aliphatic heterocycles. The first-order chi connectivity index (χ1) is 11.4. The largest absolute Gasteiger partial charge is 0.273 e. The van der Waals surface area contributed by atoms with Crippen molar-refractivity contribution < 1.29 is 13.2 Å². The van der Waals surface area contributed by atoms with Gasteiger partial charge >= 0.3 is 0 Å². The standard InChI is InChI=1S/C18H18ClNO3S/c1-2-12-6-8-13(9-7-12)11-24(22,23)20-18(21)16-10-15-14(16)4-3-5-17(15)19/h3-9,16H,2,10-11H2,1H3,(H,20,21). The van der Waals surface area contributed by atoms with Gasteiger partial charge < -0.3 is 0 Å². The maximum atomic E-state index is 12.3. The van der Waals surface area contributed by atoms with Crippen LogP contribution < -0.4 is 4.72 Å². The molecule has 1 aliphatic carbocycles. The highest BCUT2D eigenvalue weighted by Crippen LogP contribution is 2.39. The van der Waals surface area contributed by atoms with Crippen LogP contribution in [0.1, 0.15) is 35.1 Å². The second-order valence-electron chi connectivity index (χ2n) is 5.96. The lowest BCUT2D eigenvalue weighted by Gasteiger charge is -2.29. The number of nitrogens with one attached hydrogen (secondary N) is 1.